The molecule has 0 fully saturated rings. The van der Waals surface area contributed by atoms with Gasteiger partial charge in [-0.2, -0.15) is 0 Å². The predicted molar refractivity (Wildman–Crippen MR) is 102 cm³/mol. The van der Waals surface area contributed by atoms with Crippen molar-refractivity contribution in [1.29, 1.82) is 0 Å². The van der Waals surface area contributed by atoms with Crippen molar-refractivity contribution >= 4 is 34.2 Å². The topological polar surface area (TPSA) is 68.5 Å². The summed E-state index contributed by atoms with van der Waals surface area (Å²) in [5.41, 5.74) is 2.49. The summed E-state index contributed by atoms with van der Waals surface area (Å²) >= 11 is 6.04. The van der Waals surface area contributed by atoms with Crippen LogP contribution in [-0.4, -0.2) is 12.5 Å². The lowest BCUT2D eigenvalue weighted by atomic mass is 10.1. The van der Waals surface area contributed by atoms with E-state index in [1.54, 1.807) is 24.3 Å². The molecule has 0 aliphatic heterocycles. The highest BCUT2D eigenvalue weighted by Crippen LogP contribution is 2.23. The van der Waals surface area contributed by atoms with Gasteiger partial charge in [0, 0.05) is 28.2 Å². The van der Waals surface area contributed by atoms with Gasteiger partial charge in [0.2, 0.25) is 0 Å². The quantitative estimate of drug-likeness (QED) is 0.677. The van der Waals surface area contributed by atoms with Crippen LogP contribution in [0.4, 0.5) is 5.69 Å². The summed E-state index contributed by atoms with van der Waals surface area (Å²) < 4.78 is 10.7. The molecule has 0 radical (unpaired) electrons. The number of ether oxygens (including phenoxy) is 1. The summed E-state index contributed by atoms with van der Waals surface area (Å²) in [7, 11) is 0. The maximum Gasteiger partial charge on any atom is 0.336 e. The first-order valence-electron chi connectivity index (χ1n) is 8.22. The number of nitrogens with one attached hydrogen (secondary N) is 1. The molecule has 0 aliphatic carbocycles. The van der Waals surface area contributed by atoms with Crippen LogP contribution in [0.2, 0.25) is 5.02 Å². The van der Waals surface area contributed by atoms with Crippen LogP contribution in [0, 0.1) is 6.92 Å². The van der Waals surface area contributed by atoms with Gasteiger partial charge in [0.15, 0.2) is 6.61 Å². The fourth-order valence-corrected chi connectivity index (χ4v) is 2.79. The number of aryl methyl sites for hydroxylation is 2. The van der Waals surface area contributed by atoms with E-state index >= 15 is 0 Å². The minimum Gasteiger partial charge on any atom is -0.484 e. The Bertz CT molecular complexity index is 1030. The van der Waals surface area contributed by atoms with Crippen LogP contribution < -0.4 is 15.7 Å². The number of rotatable bonds is 5. The van der Waals surface area contributed by atoms with Gasteiger partial charge >= 0.3 is 5.63 Å². The molecule has 26 heavy (non-hydrogen) atoms. The maximum atomic E-state index is 12.0. The number of carbonyl (C=O) groups is 1. The lowest BCUT2D eigenvalue weighted by Gasteiger charge is -2.09. The van der Waals surface area contributed by atoms with Crippen LogP contribution in [0.25, 0.3) is 11.0 Å². The predicted octanol–water partition coefficient (Wildman–Crippen LogP) is 4.33. The second-order valence-corrected chi connectivity index (χ2v) is 6.31. The van der Waals surface area contributed by atoms with Crippen LogP contribution in [0.15, 0.2) is 51.7 Å². The van der Waals surface area contributed by atoms with Gasteiger partial charge in [-0.15, -0.1) is 0 Å². The molecule has 5 nitrogen and oxygen atoms in total. The molecule has 1 heterocycles. The van der Waals surface area contributed by atoms with Crippen molar-refractivity contribution in [1.82, 2.24) is 0 Å². The van der Waals surface area contributed by atoms with E-state index in [1.807, 2.05) is 26.0 Å². The molecule has 0 atom stereocenters. The molecule has 0 aliphatic rings. The van der Waals surface area contributed by atoms with Crippen molar-refractivity contribution in [3.05, 3.63) is 69.0 Å². The molecule has 0 saturated carbocycles. The third kappa shape index (κ3) is 4.06. The molecule has 1 aromatic heterocycles. The highest BCUT2D eigenvalue weighted by atomic mass is 35.5. The highest BCUT2D eigenvalue weighted by molar-refractivity contribution is 6.31. The Morgan fingerprint density at radius 2 is 2.00 bits per heavy atom. The minimum absolute atomic E-state index is 0.172. The van der Waals surface area contributed by atoms with Crippen LogP contribution in [0.1, 0.15) is 18.1 Å². The SMILES string of the molecule is CCc1cc(=O)oc2cc(OCC(=O)Nc3ccc(C)c(Cl)c3)ccc12. The van der Waals surface area contributed by atoms with Gasteiger partial charge in [-0.1, -0.05) is 24.6 Å². The van der Waals surface area contributed by atoms with E-state index in [0.29, 0.717) is 22.0 Å². The smallest absolute Gasteiger partial charge is 0.336 e. The van der Waals surface area contributed by atoms with E-state index in [2.05, 4.69) is 5.32 Å². The number of carbonyl (C=O) groups excluding carboxylic acids is 1. The minimum atomic E-state index is -0.402. The fourth-order valence-electron chi connectivity index (χ4n) is 2.61. The molecule has 3 aromatic rings. The van der Waals surface area contributed by atoms with E-state index in [-0.39, 0.29) is 12.5 Å². The summed E-state index contributed by atoms with van der Waals surface area (Å²) in [6, 6.07) is 12.0. The zero-order valence-corrected chi connectivity index (χ0v) is 15.2. The lowest BCUT2D eigenvalue weighted by molar-refractivity contribution is -0.118. The molecule has 1 amide bonds. The molecule has 0 bridgehead atoms. The normalized spacial score (nSPS) is 10.7. The third-order valence-electron chi connectivity index (χ3n) is 4.01. The van der Waals surface area contributed by atoms with Gasteiger partial charge < -0.3 is 14.5 Å². The first kappa shape index (κ1) is 18.0. The number of hydrogen-bond donors (Lipinski definition) is 1. The summed E-state index contributed by atoms with van der Waals surface area (Å²) in [6.45, 7) is 3.69. The number of amides is 1. The molecule has 134 valence electrons. The van der Waals surface area contributed by atoms with E-state index < -0.39 is 5.63 Å². The molecule has 0 saturated heterocycles. The summed E-state index contributed by atoms with van der Waals surface area (Å²) in [5, 5.41) is 4.17. The van der Waals surface area contributed by atoms with E-state index in [9.17, 15) is 9.59 Å². The fraction of sp³-hybridized carbons (Fsp3) is 0.200. The van der Waals surface area contributed by atoms with E-state index in [1.165, 1.54) is 6.07 Å². The Labute approximate surface area is 155 Å². The standard InChI is InChI=1S/C20H18ClNO4/c1-3-13-8-20(24)26-18-10-15(6-7-16(13)18)25-11-19(23)22-14-5-4-12(2)17(21)9-14/h4-10H,3,11H2,1-2H3,(H,22,23). The average Bonchev–Trinajstić information content (AvgIpc) is 2.62. The van der Waals surface area contributed by atoms with Crippen molar-refractivity contribution in [2.75, 3.05) is 11.9 Å². The molecule has 0 unspecified atom stereocenters. The number of halogens is 1. The first-order chi connectivity index (χ1) is 12.5. The maximum absolute atomic E-state index is 12.0. The summed E-state index contributed by atoms with van der Waals surface area (Å²) in [5.74, 6) is 0.139. The van der Waals surface area contributed by atoms with E-state index in [0.717, 1.165) is 22.9 Å². The second-order valence-electron chi connectivity index (χ2n) is 5.90. The van der Waals surface area contributed by atoms with E-state index in [4.69, 9.17) is 20.8 Å². The van der Waals surface area contributed by atoms with Crippen LogP contribution >= 0.6 is 11.6 Å². The Morgan fingerprint density at radius 3 is 2.73 bits per heavy atom. The Kier molecular flexibility index (Phi) is 5.28. The Balaban J connectivity index is 1.70. The van der Waals surface area contributed by atoms with Crippen LogP contribution in [-0.2, 0) is 11.2 Å². The summed E-state index contributed by atoms with van der Waals surface area (Å²) in [4.78, 5) is 23.7. The van der Waals surface area contributed by atoms with Crippen molar-refractivity contribution < 1.29 is 13.9 Å². The second kappa shape index (κ2) is 7.62. The monoisotopic (exact) mass is 371 g/mol. The molecule has 3 rings (SSSR count). The van der Waals surface area contributed by atoms with Gasteiger partial charge in [0.25, 0.3) is 5.91 Å². The zero-order chi connectivity index (χ0) is 18.7. The molecule has 2 aromatic carbocycles. The molecular formula is C20H18ClNO4. The Morgan fingerprint density at radius 1 is 1.19 bits per heavy atom. The average molecular weight is 372 g/mol. The van der Waals surface area contributed by atoms with Gasteiger partial charge in [0.05, 0.1) is 0 Å². The molecular weight excluding hydrogens is 354 g/mol. The third-order valence-corrected chi connectivity index (χ3v) is 4.42. The number of hydrogen-bond acceptors (Lipinski definition) is 4. The lowest BCUT2D eigenvalue weighted by Crippen LogP contribution is -2.20. The number of fused-ring (bicyclic) bond motifs is 1. The molecule has 1 N–H and O–H groups in total. The van der Waals surface area contributed by atoms with Gasteiger partial charge in [0.1, 0.15) is 11.3 Å². The summed E-state index contributed by atoms with van der Waals surface area (Å²) in [6.07, 6.45) is 0.726. The van der Waals surface area contributed by atoms with Crippen LogP contribution in [0.5, 0.6) is 5.75 Å². The largest absolute Gasteiger partial charge is 0.484 e. The van der Waals surface area contributed by atoms with Crippen molar-refractivity contribution in [3.63, 3.8) is 0 Å². The highest BCUT2D eigenvalue weighted by Gasteiger charge is 2.08. The van der Waals surface area contributed by atoms with Gasteiger partial charge in [-0.05, 0) is 48.7 Å². The van der Waals surface area contributed by atoms with Crippen molar-refractivity contribution in [2.45, 2.75) is 20.3 Å². The zero-order valence-electron chi connectivity index (χ0n) is 14.5. The van der Waals surface area contributed by atoms with Crippen LogP contribution in [0.3, 0.4) is 0 Å². The van der Waals surface area contributed by atoms with Crippen molar-refractivity contribution in [2.24, 2.45) is 0 Å². The molecule has 6 heteroatoms. The number of benzene rings is 2. The van der Waals surface area contributed by atoms with Gasteiger partial charge in [-0.3, -0.25) is 4.79 Å². The van der Waals surface area contributed by atoms with Crippen molar-refractivity contribution in [3.8, 4) is 5.75 Å². The van der Waals surface area contributed by atoms with Gasteiger partial charge in [-0.25, -0.2) is 4.79 Å². The Hall–Kier alpha value is -2.79. The number of anilines is 1. The molecule has 0 spiro atoms. The first-order valence-corrected chi connectivity index (χ1v) is 8.59.